The molecule has 0 unspecified atom stereocenters. The molecule has 2 N–H and O–H groups in total. The Bertz CT molecular complexity index is 1570. The number of carbonyl (C=O) groups excluding carboxylic acids is 3. The molecule has 1 aromatic heterocycles. The number of non-ortho nitro benzene ring substituents is 1. The minimum absolute atomic E-state index is 0.0673. The molecule has 212 valence electrons. The number of esters is 1. The summed E-state index contributed by atoms with van der Waals surface area (Å²) in [7, 11) is 2.78. The summed E-state index contributed by atoms with van der Waals surface area (Å²) in [5.41, 5.74) is 4.48. The van der Waals surface area contributed by atoms with Gasteiger partial charge in [0, 0.05) is 54.7 Å². The number of aromatic amines is 1. The number of methoxy groups -OCH3 is 1. The van der Waals surface area contributed by atoms with Gasteiger partial charge in [-0.2, -0.15) is 0 Å². The smallest absolute Gasteiger partial charge is 0.328 e. The maximum Gasteiger partial charge on any atom is 0.328 e. The lowest BCUT2D eigenvalue weighted by Gasteiger charge is -2.29. The predicted octanol–water partition coefficient (Wildman–Crippen LogP) is 4.28. The Labute approximate surface area is 237 Å². The highest BCUT2D eigenvalue weighted by molar-refractivity contribution is 5.98. The molecular formula is C31H32N4O6. The van der Waals surface area contributed by atoms with Gasteiger partial charge in [0.05, 0.1) is 12.0 Å². The Kier molecular flexibility index (Phi) is 8.81. The number of rotatable bonds is 10. The third-order valence-electron chi connectivity index (χ3n) is 7.04. The van der Waals surface area contributed by atoms with Gasteiger partial charge in [-0.3, -0.25) is 19.7 Å². The van der Waals surface area contributed by atoms with Gasteiger partial charge in [0.15, 0.2) is 0 Å². The van der Waals surface area contributed by atoms with E-state index in [1.807, 2.05) is 44.2 Å². The summed E-state index contributed by atoms with van der Waals surface area (Å²) in [4.78, 5) is 55.3. The minimum Gasteiger partial charge on any atom is -0.467 e. The second-order valence-corrected chi connectivity index (χ2v) is 10.1. The van der Waals surface area contributed by atoms with Crippen LogP contribution >= 0.6 is 0 Å². The molecule has 0 aliphatic carbocycles. The van der Waals surface area contributed by atoms with Crippen LogP contribution in [0.4, 0.5) is 5.69 Å². The van der Waals surface area contributed by atoms with Crippen LogP contribution < -0.4 is 5.32 Å². The number of hydrogen-bond acceptors (Lipinski definition) is 6. The number of aromatic nitrogens is 1. The molecule has 0 bridgehead atoms. The molecule has 4 aromatic rings. The van der Waals surface area contributed by atoms with Gasteiger partial charge >= 0.3 is 5.97 Å². The standard InChI is InChI=1S/C31H32N4O6/c1-19-13-20(2)15-22(14-19)30(37)34(3)28(16-21-9-11-24(12-10-21)35(39)40)29(36)33-27(31(38)41-4)17-23-18-32-26-8-6-5-7-25(23)26/h5-15,18,27-28,32H,16-17H2,1-4H3,(H,33,36)/t27-,28+/m0/s1. The van der Waals surface area contributed by atoms with E-state index in [0.29, 0.717) is 11.1 Å². The molecule has 0 fully saturated rings. The number of ether oxygens (including phenoxy) is 1. The van der Waals surface area contributed by atoms with Gasteiger partial charge in [0.2, 0.25) is 5.91 Å². The molecule has 4 rings (SSSR count). The highest BCUT2D eigenvalue weighted by Crippen LogP contribution is 2.21. The SMILES string of the molecule is COC(=O)[C@H](Cc1c[nH]c2ccccc12)NC(=O)[C@@H](Cc1ccc([N+](=O)[O-])cc1)N(C)C(=O)c1cc(C)cc(C)c1. The molecule has 0 saturated heterocycles. The van der Waals surface area contributed by atoms with E-state index in [9.17, 15) is 24.5 Å². The minimum atomic E-state index is -1.03. The Hall–Kier alpha value is -4.99. The molecule has 0 radical (unpaired) electrons. The third-order valence-corrected chi connectivity index (χ3v) is 7.04. The van der Waals surface area contributed by atoms with Crippen LogP contribution in [0.25, 0.3) is 10.9 Å². The van der Waals surface area contributed by atoms with Gasteiger partial charge in [-0.15, -0.1) is 0 Å². The first-order valence-corrected chi connectivity index (χ1v) is 13.1. The first-order valence-electron chi connectivity index (χ1n) is 13.1. The summed E-state index contributed by atoms with van der Waals surface area (Å²) in [6.07, 6.45) is 2.02. The van der Waals surface area contributed by atoms with Crippen molar-refractivity contribution in [2.75, 3.05) is 14.2 Å². The second-order valence-electron chi connectivity index (χ2n) is 10.1. The molecule has 41 heavy (non-hydrogen) atoms. The number of nitrogens with zero attached hydrogens (tertiary/aromatic N) is 2. The van der Waals surface area contributed by atoms with E-state index in [1.54, 1.807) is 30.5 Å². The summed E-state index contributed by atoms with van der Waals surface area (Å²) in [5, 5.41) is 14.8. The van der Waals surface area contributed by atoms with E-state index in [0.717, 1.165) is 27.6 Å². The number of carbonyl (C=O) groups is 3. The van der Waals surface area contributed by atoms with Crippen LogP contribution in [0.1, 0.15) is 32.6 Å². The van der Waals surface area contributed by atoms with E-state index in [2.05, 4.69) is 10.3 Å². The number of amides is 2. The van der Waals surface area contributed by atoms with Gasteiger partial charge in [0.25, 0.3) is 11.6 Å². The monoisotopic (exact) mass is 556 g/mol. The zero-order chi connectivity index (χ0) is 29.7. The molecule has 1 heterocycles. The van der Waals surface area contributed by atoms with E-state index in [1.165, 1.54) is 31.2 Å². The van der Waals surface area contributed by atoms with Crippen molar-refractivity contribution in [3.8, 4) is 0 Å². The number of fused-ring (bicyclic) bond motifs is 1. The van der Waals surface area contributed by atoms with Crippen LogP contribution in [0, 0.1) is 24.0 Å². The van der Waals surface area contributed by atoms with E-state index >= 15 is 0 Å². The van der Waals surface area contributed by atoms with Crippen molar-refractivity contribution in [1.29, 1.82) is 0 Å². The molecule has 0 aliphatic heterocycles. The predicted molar refractivity (Wildman–Crippen MR) is 155 cm³/mol. The number of H-pyrrole nitrogens is 1. The molecule has 2 atom stereocenters. The van der Waals surface area contributed by atoms with Crippen LogP contribution in [0.15, 0.2) is 72.9 Å². The van der Waals surface area contributed by atoms with Crippen LogP contribution in [-0.4, -0.2) is 58.8 Å². The van der Waals surface area contributed by atoms with Gasteiger partial charge in [-0.25, -0.2) is 4.79 Å². The van der Waals surface area contributed by atoms with Crippen molar-refractivity contribution >= 4 is 34.4 Å². The van der Waals surface area contributed by atoms with Gasteiger partial charge in [0.1, 0.15) is 12.1 Å². The lowest BCUT2D eigenvalue weighted by molar-refractivity contribution is -0.384. The van der Waals surface area contributed by atoms with Crippen molar-refractivity contribution in [2.45, 2.75) is 38.8 Å². The van der Waals surface area contributed by atoms with Crippen molar-refractivity contribution in [3.63, 3.8) is 0 Å². The molecule has 3 aromatic carbocycles. The molecule has 0 aliphatic rings. The average molecular weight is 557 g/mol. The van der Waals surface area contributed by atoms with Crippen LogP contribution in [-0.2, 0) is 27.2 Å². The Balaban J connectivity index is 1.64. The number of para-hydroxylation sites is 1. The zero-order valence-electron chi connectivity index (χ0n) is 23.3. The van der Waals surface area contributed by atoms with Gasteiger partial charge < -0.3 is 19.9 Å². The Morgan fingerprint density at radius 2 is 1.66 bits per heavy atom. The highest BCUT2D eigenvalue weighted by Gasteiger charge is 2.32. The molecule has 10 heteroatoms. The fourth-order valence-electron chi connectivity index (χ4n) is 4.95. The number of likely N-dealkylation sites (N-methyl/N-ethyl adjacent to an activating group) is 1. The lowest BCUT2D eigenvalue weighted by atomic mass is 10.00. The number of nitro groups is 1. The zero-order valence-corrected chi connectivity index (χ0v) is 23.3. The average Bonchev–Trinajstić information content (AvgIpc) is 3.36. The van der Waals surface area contributed by atoms with Gasteiger partial charge in [-0.1, -0.05) is 47.5 Å². The van der Waals surface area contributed by atoms with E-state index < -0.39 is 28.9 Å². The maximum absolute atomic E-state index is 13.8. The molecular weight excluding hydrogens is 524 g/mol. The molecule has 10 nitrogen and oxygen atoms in total. The fourth-order valence-corrected chi connectivity index (χ4v) is 4.95. The summed E-state index contributed by atoms with van der Waals surface area (Å²) >= 11 is 0. The molecule has 0 spiro atoms. The van der Waals surface area contributed by atoms with Crippen molar-refractivity contribution < 1.29 is 24.0 Å². The summed E-state index contributed by atoms with van der Waals surface area (Å²) in [6.45, 7) is 3.77. The summed E-state index contributed by atoms with van der Waals surface area (Å²) in [5.74, 6) is -1.55. The summed E-state index contributed by atoms with van der Waals surface area (Å²) in [6, 6.07) is 16.8. The van der Waals surface area contributed by atoms with Gasteiger partial charge in [-0.05, 0) is 43.2 Å². The van der Waals surface area contributed by atoms with Crippen LogP contribution in [0.5, 0.6) is 0 Å². The van der Waals surface area contributed by atoms with E-state index in [4.69, 9.17) is 4.74 Å². The number of nitro benzene ring substituents is 1. The summed E-state index contributed by atoms with van der Waals surface area (Å²) < 4.78 is 5.00. The topological polar surface area (TPSA) is 135 Å². The van der Waals surface area contributed by atoms with Crippen molar-refractivity contribution in [1.82, 2.24) is 15.2 Å². The van der Waals surface area contributed by atoms with Crippen molar-refractivity contribution in [2.24, 2.45) is 0 Å². The first kappa shape index (κ1) is 29.0. The first-order chi connectivity index (χ1) is 19.6. The Morgan fingerprint density at radius 3 is 2.29 bits per heavy atom. The Morgan fingerprint density at radius 1 is 1.00 bits per heavy atom. The van der Waals surface area contributed by atoms with Crippen molar-refractivity contribution in [3.05, 3.63) is 111 Å². The second kappa shape index (κ2) is 12.5. The normalized spacial score (nSPS) is 12.4. The molecule has 0 saturated carbocycles. The third kappa shape index (κ3) is 6.78. The number of nitrogens with one attached hydrogen (secondary N) is 2. The maximum atomic E-state index is 13.8. The van der Waals surface area contributed by atoms with E-state index in [-0.39, 0.29) is 24.4 Å². The largest absolute Gasteiger partial charge is 0.467 e. The fraction of sp³-hybridized carbons (Fsp3) is 0.258. The molecule has 2 amide bonds. The number of hydrogen-bond donors (Lipinski definition) is 2. The van der Waals surface area contributed by atoms with Crippen LogP contribution in [0.2, 0.25) is 0 Å². The van der Waals surface area contributed by atoms with Crippen LogP contribution in [0.3, 0.4) is 0 Å². The number of aryl methyl sites for hydroxylation is 2. The lowest BCUT2D eigenvalue weighted by Crippen LogP contribution is -2.53. The number of benzene rings is 3. The quantitative estimate of drug-likeness (QED) is 0.170. The highest BCUT2D eigenvalue weighted by atomic mass is 16.6.